The molecule has 1 saturated heterocycles. The van der Waals surface area contributed by atoms with Crippen molar-refractivity contribution >= 4 is 42.4 Å². The number of carbonyl (C=O) groups excluding carboxylic acids is 1. The van der Waals surface area contributed by atoms with E-state index in [1.54, 1.807) is 24.3 Å². The summed E-state index contributed by atoms with van der Waals surface area (Å²) in [6, 6.07) is 10.7. The van der Waals surface area contributed by atoms with Crippen LogP contribution in [0, 0.1) is 5.82 Å². The van der Waals surface area contributed by atoms with Crippen LogP contribution in [0.3, 0.4) is 0 Å². The summed E-state index contributed by atoms with van der Waals surface area (Å²) in [5.41, 5.74) is 0.198. The summed E-state index contributed by atoms with van der Waals surface area (Å²) in [6.07, 6.45) is 1.31. The summed E-state index contributed by atoms with van der Waals surface area (Å²) in [5, 5.41) is 0.340. The Labute approximate surface area is 189 Å². The number of nitrogens with zero attached hydrogens (tertiary/aromatic N) is 2. The molecule has 4 rings (SSSR count). The highest BCUT2D eigenvalue weighted by Crippen LogP contribution is 2.31. The van der Waals surface area contributed by atoms with Crippen LogP contribution < -0.4 is 9.64 Å². The second-order valence-corrected chi connectivity index (χ2v) is 10.6. The molecule has 0 N–H and O–H groups in total. The lowest BCUT2D eigenvalue weighted by molar-refractivity contribution is -0.118. The van der Waals surface area contributed by atoms with Gasteiger partial charge in [0, 0.05) is 13.0 Å². The fraction of sp³-hybridized carbons (Fsp3) is 0.364. The van der Waals surface area contributed by atoms with E-state index in [1.807, 2.05) is 0 Å². The molecule has 32 heavy (non-hydrogen) atoms. The predicted molar refractivity (Wildman–Crippen MR) is 121 cm³/mol. The maximum absolute atomic E-state index is 14.1. The number of rotatable bonds is 8. The molecule has 7 nitrogen and oxygen atoms in total. The van der Waals surface area contributed by atoms with Crippen molar-refractivity contribution in [2.45, 2.75) is 30.3 Å². The number of para-hydroxylation sites is 1. The van der Waals surface area contributed by atoms with E-state index < -0.39 is 21.6 Å². The van der Waals surface area contributed by atoms with E-state index >= 15 is 0 Å². The lowest BCUT2D eigenvalue weighted by Gasteiger charge is -2.23. The van der Waals surface area contributed by atoms with Gasteiger partial charge in [0.25, 0.3) is 0 Å². The first-order chi connectivity index (χ1) is 15.4. The summed E-state index contributed by atoms with van der Waals surface area (Å²) in [4.78, 5) is 19.0. The smallest absolute Gasteiger partial charge is 0.229 e. The fourth-order valence-electron chi connectivity index (χ4n) is 3.55. The maximum Gasteiger partial charge on any atom is 0.229 e. The Morgan fingerprint density at radius 2 is 2.06 bits per heavy atom. The van der Waals surface area contributed by atoms with Crippen molar-refractivity contribution in [2.24, 2.45) is 0 Å². The summed E-state index contributed by atoms with van der Waals surface area (Å²) in [5.74, 6) is -0.654. The SMILES string of the molecule is COc1ccc(S(=O)(=O)CCC(=O)N(CC2CCCO2)c2nc3c(F)cccc3s2)cc1. The lowest BCUT2D eigenvalue weighted by Crippen LogP contribution is -2.38. The number of halogens is 1. The summed E-state index contributed by atoms with van der Waals surface area (Å²) < 4.78 is 50.9. The topological polar surface area (TPSA) is 85.8 Å². The molecular formula is C22H23FN2O5S2. The lowest BCUT2D eigenvalue weighted by atomic mass is 10.2. The quantitative estimate of drug-likeness (QED) is 0.489. The average molecular weight is 479 g/mol. The Morgan fingerprint density at radius 3 is 2.72 bits per heavy atom. The Hall–Kier alpha value is -2.56. The van der Waals surface area contributed by atoms with Gasteiger partial charge in [0.1, 0.15) is 17.1 Å². The van der Waals surface area contributed by atoms with Gasteiger partial charge < -0.3 is 9.47 Å². The van der Waals surface area contributed by atoms with Crippen LogP contribution in [-0.4, -0.2) is 51.4 Å². The van der Waals surface area contributed by atoms with Crippen LogP contribution in [-0.2, 0) is 19.4 Å². The van der Waals surface area contributed by atoms with Gasteiger partial charge in [-0.25, -0.2) is 17.8 Å². The molecule has 0 spiro atoms. The number of thiazole rings is 1. The Balaban J connectivity index is 1.54. The fourth-order valence-corrected chi connectivity index (χ4v) is 5.79. The molecular weight excluding hydrogens is 455 g/mol. The molecule has 170 valence electrons. The normalized spacial score (nSPS) is 16.4. The van der Waals surface area contributed by atoms with Crippen molar-refractivity contribution in [3.63, 3.8) is 0 Å². The largest absolute Gasteiger partial charge is 0.497 e. The molecule has 1 aliphatic rings. The summed E-state index contributed by atoms with van der Waals surface area (Å²) in [7, 11) is -2.17. The van der Waals surface area contributed by atoms with E-state index in [-0.39, 0.29) is 35.2 Å². The van der Waals surface area contributed by atoms with E-state index in [0.717, 1.165) is 12.8 Å². The van der Waals surface area contributed by atoms with Crippen LogP contribution in [0.25, 0.3) is 10.2 Å². The molecule has 0 saturated carbocycles. The van der Waals surface area contributed by atoms with Gasteiger partial charge in [-0.2, -0.15) is 0 Å². The van der Waals surface area contributed by atoms with Gasteiger partial charge in [0.15, 0.2) is 15.0 Å². The zero-order valence-electron chi connectivity index (χ0n) is 17.5. The van der Waals surface area contributed by atoms with E-state index in [1.165, 1.54) is 41.5 Å². The van der Waals surface area contributed by atoms with Gasteiger partial charge in [-0.3, -0.25) is 9.69 Å². The van der Waals surface area contributed by atoms with Crippen LogP contribution in [0.15, 0.2) is 47.4 Å². The first-order valence-corrected chi connectivity index (χ1v) is 12.7. The van der Waals surface area contributed by atoms with Crippen molar-refractivity contribution in [1.82, 2.24) is 4.98 Å². The Morgan fingerprint density at radius 1 is 1.28 bits per heavy atom. The zero-order valence-corrected chi connectivity index (χ0v) is 19.1. The maximum atomic E-state index is 14.1. The van der Waals surface area contributed by atoms with Gasteiger partial charge in [0.2, 0.25) is 5.91 Å². The van der Waals surface area contributed by atoms with Crippen molar-refractivity contribution in [1.29, 1.82) is 0 Å². The van der Waals surface area contributed by atoms with Crippen LogP contribution in [0.1, 0.15) is 19.3 Å². The van der Waals surface area contributed by atoms with E-state index in [0.29, 0.717) is 22.2 Å². The molecule has 1 amide bonds. The van der Waals surface area contributed by atoms with Gasteiger partial charge in [0.05, 0.1) is 35.1 Å². The second-order valence-electron chi connectivity index (χ2n) is 7.47. The number of aromatic nitrogens is 1. The van der Waals surface area contributed by atoms with Crippen LogP contribution >= 0.6 is 11.3 Å². The summed E-state index contributed by atoms with van der Waals surface area (Å²) >= 11 is 1.20. The number of fused-ring (bicyclic) bond motifs is 1. The predicted octanol–water partition coefficient (Wildman–Crippen LogP) is 3.82. The van der Waals surface area contributed by atoms with Crippen LogP contribution in [0.5, 0.6) is 5.75 Å². The first kappa shape index (κ1) is 22.6. The Bertz CT molecular complexity index is 1200. The third kappa shape index (κ3) is 4.92. The molecule has 10 heteroatoms. The molecule has 1 aromatic heterocycles. The van der Waals surface area contributed by atoms with E-state index in [2.05, 4.69) is 4.98 Å². The highest BCUT2D eigenvalue weighted by Gasteiger charge is 2.28. The number of sulfone groups is 1. The molecule has 2 heterocycles. The molecule has 1 atom stereocenters. The number of ether oxygens (including phenoxy) is 2. The van der Waals surface area contributed by atoms with Crippen LogP contribution in [0.2, 0.25) is 0 Å². The Kier molecular flexibility index (Phi) is 6.73. The van der Waals surface area contributed by atoms with Crippen molar-refractivity contribution < 1.29 is 27.1 Å². The molecule has 0 bridgehead atoms. The minimum absolute atomic E-state index is 0.124. The zero-order chi connectivity index (χ0) is 22.7. The third-order valence-electron chi connectivity index (χ3n) is 5.30. The van der Waals surface area contributed by atoms with Gasteiger partial charge in [-0.05, 0) is 49.2 Å². The summed E-state index contributed by atoms with van der Waals surface area (Å²) in [6.45, 7) is 0.871. The molecule has 2 aromatic carbocycles. The van der Waals surface area contributed by atoms with Gasteiger partial charge in [-0.1, -0.05) is 17.4 Å². The van der Waals surface area contributed by atoms with Crippen molar-refractivity contribution in [2.75, 3.05) is 30.9 Å². The molecule has 1 aliphatic heterocycles. The number of anilines is 1. The molecule has 1 unspecified atom stereocenters. The first-order valence-electron chi connectivity index (χ1n) is 10.2. The number of amides is 1. The van der Waals surface area contributed by atoms with E-state index in [9.17, 15) is 17.6 Å². The third-order valence-corrected chi connectivity index (χ3v) is 8.08. The van der Waals surface area contributed by atoms with Crippen molar-refractivity contribution in [3.8, 4) is 5.75 Å². The minimum Gasteiger partial charge on any atom is -0.497 e. The highest BCUT2D eigenvalue weighted by molar-refractivity contribution is 7.91. The number of methoxy groups -OCH3 is 1. The minimum atomic E-state index is -3.67. The number of hydrogen-bond donors (Lipinski definition) is 0. The number of carbonyl (C=O) groups is 1. The van der Waals surface area contributed by atoms with Crippen molar-refractivity contribution in [3.05, 3.63) is 48.3 Å². The molecule has 1 fully saturated rings. The van der Waals surface area contributed by atoms with Crippen LogP contribution in [0.4, 0.5) is 9.52 Å². The van der Waals surface area contributed by atoms with Gasteiger partial charge in [-0.15, -0.1) is 0 Å². The van der Waals surface area contributed by atoms with E-state index in [4.69, 9.17) is 9.47 Å². The number of hydrogen-bond acceptors (Lipinski definition) is 7. The molecule has 0 radical (unpaired) electrons. The second kappa shape index (κ2) is 9.51. The van der Waals surface area contributed by atoms with Gasteiger partial charge >= 0.3 is 0 Å². The number of benzene rings is 2. The molecule has 3 aromatic rings. The monoisotopic (exact) mass is 478 g/mol. The average Bonchev–Trinajstić information content (AvgIpc) is 3.46. The molecule has 0 aliphatic carbocycles. The highest BCUT2D eigenvalue weighted by atomic mass is 32.2. The standard InChI is InChI=1S/C22H23FN2O5S2/c1-29-15-7-9-17(10-8-15)32(27,28)13-11-20(26)25(14-16-4-3-12-30-16)22-24-21-18(23)5-2-6-19(21)31-22/h2,5-10,16H,3-4,11-14H2,1H3.